The summed E-state index contributed by atoms with van der Waals surface area (Å²) in [5.41, 5.74) is 0.704. The molecule has 1 saturated carbocycles. The molecule has 78 valence electrons. The Morgan fingerprint density at radius 1 is 1.00 bits per heavy atom. The molecule has 0 saturated heterocycles. The Labute approximate surface area is 84.1 Å². The molecule has 1 aliphatic rings. The molecule has 0 bridgehead atoms. The van der Waals surface area contributed by atoms with Crippen LogP contribution in [0.4, 0.5) is 0 Å². The number of hydrogen-bond acceptors (Lipinski definition) is 0. The fraction of sp³-hybridized carbons (Fsp3) is 1.00. The van der Waals surface area contributed by atoms with Crippen molar-refractivity contribution < 1.29 is 0 Å². The van der Waals surface area contributed by atoms with E-state index in [1.165, 1.54) is 25.7 Å². The van der Waals surface area contributed by atoms with E-state index in [-0.39, 0.29) is 0 Å². The van der Waals surface area contributed by atoms with Crippen LogP contribution in [-0.4, -0.2) is 0 Å². The molecule has 2 unspecified atom stereocenters. The second-order valence-corrected chi connectivity index (χ2v) is 4.99. The maximum atomic E-state index is 2.48. The highest BCUT2D eigenvalue weighted by atomic mass is 14.6. The van der Waals surface area contributed by atoms with Crippen LogP contribution in [0.3, 0.4) is 0 Å². The lowest BCUT2D eigenvalue weighted by molar-refractivity contribution is -0.115. The molecule has 0 N–H and O–H groups in total. The predicted molar refractivity (Wildman–Crippen MR) is 59.7 cm³/mol. The number of rotatable bonds is 4. The number of hydrogen-bond donors (Lipinski definition) is 0. The Kier molecular flexibility index (Phi) is 3.43. The molecule has 0 nitrogen and oxygen atoms in total. The first-order chi connectivity index (χ1) is 6.14. The molecule has 0 heteroatoms. The van der Waals surface area contributed by atoms with E-state index in [9.17, 15) is 0 Å². The highest BCUT2D eigenvalue weighted by molar-refractivity contribution is 5.02. The predicted octanol–water partition coefficient (Wildman–Crippen LogP) is 4.49. The maximum absolute atomic E-state index is 2.48. The average molecular weight is 182 g/mol. The van der Waals surface area contributed by atoms with E-state index in [0.717, 1.165) is 17.8 Å². The van der Waals surface area contributed by atoms with Crippen molar-refractivity contribution in [3.05, 3.63) is 0 Å². The molecule has 1 fully saturated rings. The molecule has 0 aliphatic heterocycles. The smallest absolute Gasteiger partial charge is 0.0243 e. The highest BCUT2D eigenvalue weighted by Gasteiger charge is 2.53. The second kappa shape index (κ2) is 4.02. The third-order valence-corrected chi connectivity index (χ3v) is 4.94. The summed E-state index contributed by atoms with van der Waals surface area (Å²) in [6.45, 7) is 12.0. The normalized spacial score (nSPS) is 44.5. The molecule has 13 heavy (non-hydrogen) atoms. The molecule has 0 spiro atoms. The van der Waals surface area contributed by atoms with Crippen LogP contribution >= 0.6 is 0 Å². The first kappa shape index (κ1) is 11.1. The van der Waals surface area contributed by atoms with Crippen LogP contribution in [0, 0.1) is 23.2 Å². The first-order valence-corrected chi connectivity index (χ1v) is 6.14. The van der Waals surface area contributed by atoms with Crippen molar-refractivity contribution in [1.82, 2.24) is 0 Å². The van der Waals surface area contributed by atoms with Gasteiger partial charge in [-0.2, -0.15) is 0 Å². The Morgan fingerprint density at radius 3 is 1.85 bits per heavy atom. The van der Waals surface area contributed by atoms with E-state index >= 15 is 0 Å². The standard InChI is InChI=1S/C13H26/c1-6-9-13(8-3)10(4)12(7-2)11(13)5/h10-12H,6-9H2,1-5H3. The Morgan fingerprint density at radius 2 is 1.54 bits per heavy atom. The highest BCUT2D eigenvalue weighted by Crippen LogP contribution is 2.61. The van der Waals surface area contributed by atoms with E-state index in [1.807, 2.05) is 0 Å². The summed E-state index contributed by atoms with van der Waals surface area (Å²) in [6.07, 6.45) is 5.58. The van der Waals surface area contributed by atoms with E-state index in [4.69, 9.17) is 0 Å². The Hall–Kier alpha value is 0. The lowest BCUT2D eigenvalue weighted by atomic mass is 9.45. The van der Waals surface area contributed by atoms with Crippen molar-refractivity contribution >= 4 is 0 Å². The zero-order valence-corrected chi connectivity index (χ0v) is 10.1. The van der Waals surface area contributed by atoms with Gasteiger partial charge in [-0.15, -0.1) is 0 Å². The van der Waals surface area contributed by atoms with Gasteiger partial charge in [-0.3, -0.25) is 0 Å². The monoisotopic (exact) mass is 182 g/mol. The first-order valence-electron chi connectivity index (χ1n) is 6.14. The van der Waals surface area contributed by atoms with Crippen LogP contribution in [0.25, 0.3) is 0 Å². The molecule has 0 radical (unpaired) electrons. The van der Waals surface area contributed by atoms with Crippen molar-refractivity contribution in [3.8, 4) is 0 Å². The maximum Gasteiger partial charge on any atom is -0.0243 e. The minimum absolute atomic E-state index is 0.704. The van der Waals surface area contributed by atoms with Crippen LogP contribution in [0.1, 0.15) is 60.3 Å². The molecule has 0 aromatic heterocycles. The summed E-state index contributed by atoms with van der Waals surface area (Å²) in [6, 6.07) is 0. The van der Waals surface area contributed by atoms with Crippen LogP contribution in [-0.2, 0) is 0 Å². The Bertz CT molecular complexity index is 149. The van der Waals surface area contributed by atoms with Gasteiger partial charge in [0.1, 0.15) is 0 Å². The van der Waals surface area contributed by atoms with E-state index in [2.05, 4.69) is 34.6 Å². The summed E-state index contributed by atoms with van der Waals surface area (Å²) in [7, 11) is 0. The van der Waals surface area contributed by atoms with E-state index in [1.54, 1.807) is 0 Å². The van der Waals surface area contributed by atoms with E-state index < -0.39 is 0 Å². The summed E-state index contributed by atoms with van der Waals surface area (Å²) in [4.78, 5) is 0. The summed E-state index contributed by atoms with van der Waals surface area (Å²) in [5.74, 6) is 2.95. The molecule has 0 aromatic rings. The van der Waals surface area contributed by atoms with Gasteiger partial charge in [0.2, 0.25) is 0 Å². The zero-order valence-electron chi connectivity index (χ0n) is 10.1. The molecule has 0 amide bonds. The van der Waals surface area contributed by atoms with Crippen LogP contribution in [0.5, 0.6) is 0 Å². The molecule has 0 aromatic carbocycles. The molecule has 1 aliphatic carbocycles. The quantitative estimate of drug-likeness (QED) is 0.600. The van der Waals surface area contributed by atoms with Crippen LogP contribution < -0.4 is 0 Å². The fourth-order valence-electron chi connectivity index (χ4n) is 4.03. The molecular formula is C13H26. The SMILES string of the molecule is CCCC1(CC)C(C)C(CC)C1C. The van der Waals surface area contributed by atoms with Gasteiger partial charge < -0.3 is 0 Å². The second-order valence-electron chi connectivity index (χ2n) is 4.99. The third-order valence-electron chi connectivity index (χ3n) is 4.94. The largest absolute Gasteiger partial charge is 0.0654 e. The fourth-order valence-corrected chi connectivity index (χ4v) is 4.03. The average Bonchev–Trinajstić information content (AvgIpc) is 2.15. The Balaban J connectivity index is 2.68. The zero-order chi connectivity index (χ0) is 10.1. The topological polar surface area (TPSA) is 0 Å². The van der Waals surface area contributed by atoms with Crippen molar-refractivity contribution in [2.45, 2.75) is 60.3 Å². The van der Waals surface area contributed by atoms with Crippen molar-refractivity contribution in [2.75, 3.05) is 0 Å². The van der Waals surface area contributed by atoms with Gasteiger partial charge >= 0.3 is 0 Å². The molecule has 2 atom stereocenters. The van der Waals surface area contributed by atoms with Gasteiger partial charge in [-0.1, -0.05) is 47.5 Å². The lowest BCUT2D eigenvalue weighted by Crippen LogP contribution is -2.53. The van der Waals surface area contributed by atoms with Crippen molar-refractivity contribution in [2.24, 2.45) is 23.2 Å². The minimum atomic E-state index is 0.704. The molecular weight excluding hydrogens is 156 g/mol. The lowest BCUT2D eigenvalue weighted by Gasteiger charge is -2.60. The van der Waals surface area contributed by atoms with Gasteiger partial charge in [0.25, 0.3) is 0 Å². The van der Waals surface area contributed by atoms with E-state index in [0.29, 0.717) is 5.41 Å². The van der Waals surface area contributed by atoms with Crippen molar-refractivity contribution in [3.63, 3.8) is 0 Å². The molecule has 1 rings (SSSR count). The summed E-state index contributed by atoms with van der Waals surface area (Å²) in [5, 5.41) is 0. The summed E-state index contributed by atoms with van der Waals surface area (Å²) < 4.78 is 0. The summed E-state index contributed by atoms with van der Waals surface area (Å²) >= 11 is 0. The molecule has 0 heterocycles. The van der Waals surface area contributed by atoms with Crippen LogP contribution in [0.2, 0.25) is 0 Å². The van der Waals surface area contributed by atoms with Gasteiger partial charge in [0, 0.05) is 0 Å². The minimum Gasteiger partial charge on any atom is -0.0654 e. The van der Waals surface area contributed by atoms with Gasteiger partial charge in [-0.05, 0) is 36.0 Å². The van der Waals surface area contributed by atoms with Crippen LogP contribution in [0.15, 0.2) is 0 Å². The van der Waals surface area contributed by atoms with Gasteiger partial charge in [0.15, 0.2) is 0 Å². The van der Waals surface area contributed by atoms with Gasteiger partial charge in [-0.25, -0.2) is 0 Å². The van der Waals surface area contributed by atoms with Gasteiger partial charge in [0.05, 0.1) is 0 Å². The third kappa shape index (κ3) is 1.43. The van der Waals surface area contributed by atoms with Crippen molar-refractivity contribution in [1.29, 1.82) is 0 Å².